The van der Waals surface area contributed by atoms with Gasteiger partial charge >= 0.3 is 6.09 Å². The number of anilines is 1. The number of nitrogens with zero attached hydrogens (tertiary/aromatic N) is 1. The maximum Gasteiger partial charge on any atom is 0.415 e. The molecule has 0 radical (unpaired) electrons. The van der Waals surface area contributed by atoms with Gasteiger partial charge in [-0.3, -0.25) is 9.69 Å². The molecule has 1 aromatic rings. The first-order valence-electron chi connectivity index (χ1n) is 5.04. The SMILES string of the molecule is CC(=O)NC[C@H]1CN(c2ccc(Br)s2)C(=O)O1. The normalized spacial score (nSPS) is 19.3. The van der Waals surface area contributed by atoms with Crippen molar-refractivity contribution < 1.29 is 14.3 Å². The van der Waals surface area contributed by atoms with Crippen LogP contribution < -0.4 is 10.2 Å². The monoisotopic (exact) mass is 318 g/mol. The number of rotatable bonds is 3. The van der Waals surface area contributed by atoms with Gasteiger partial charge in [0.05, 0.1) is 16.9 Å². The van der Waals surface area contributed by atoms with Crippen LogP contribution in [0.1, 0.15) is 6.92 Å². The summed E-state index contributed by atoms with van der Waals surface area (Å²) >= 11 is 4.82. The number of nitrogens with one attached hydrogen (secondary N) is 1. The molecule has 1 atom stereocenters. The fourth-order valence-electron chi connectivity index (χ4n) is 1.52. The van der Waals surface area contributed by atoms with Crippen LogP contribution in [0.4, 0.5) is 9.80 Å². The van der Waals surface area contributed by atoms with E-state index in [1.54, 1.807) is 4.90 Å². The van der Waals surface area contributed by atoms with E-state index in [4.69, 9.17) is 4.74 Å². The highest BCUT2D eigenvalue weighted by Crippen LogP contribution is 2.32. The average molecular weight is 319 g/mol. The fraction of sp³-hybridized carbons (Fsp3) is 0.400. The van der Waals surface area contributed by atoms with Crippen LogP contribution in [0.25, 0.3) is 0 Å². The van der Waals surface area contributed by atoms with E-state index in [0.29, 0.717) is 13.1 Å². The minimum atomic E-state index is -0.366. The van der Waals surface area contributed by atoms with Crippen molar-refractivity contribution in [2.75, 3.05) is 18.0 Å². The van der Waals surface area contributed by atoms with Gasteiger partial charge in [0.2, 0.25) is 5.91 Å². The Hall–Kier alpha value is -1.08. The Kier molecular flexibility index (Phi) is 3.68. The van der Waals surface area contributed by atoms with Crippen molar-refractivity contribution in [3.63, 3.8) is 0 Å². The molecule has 0 aliphatic carbocycles. The van der Waals surface area contributed by atoms with Gasteiger partial charge in [-0.2, -0.15) is 0 Å². The van der Waals surface area contributed by atoms with Crippen LogP contribution in [0.2, 0.25) is 0 Å². The van der Waals surface area contributed by atoms with Crippen LogP contribution in [0.3, 0.4) is 0 Å². The standard InChI is InChI=1S/C10H11BrN2O3S/c1-6(14)12-4-7-5-13(10(15)16-7)9-3-2-8(11)17-9/h2-3,7H,4-5H2,1H3,(H,12,14)/t7-/m0/s1. The number of amides is 2. The second-order valence-corrected chi connectivity index (χ2v) is 6.07. The molecule has 0 aromatic carbocycles. The highest BCUT2D eigenvalue weighted by atomic mass is 79.9. The van der Waals surface area contributed by atoms with Crippen LogP contribution in [0, 0.1) is 0 Å². The largest absolute Gasteiger partial charge is 0.442 e. The van der Waals surface area contributed by atoms with Crippen LogP contribution in [0.15, 0.2) is 15.9 Å². The highest BCUT2D eigenvalue weighted by molar-refractivity contribution is 9.11. The van der Waals surface area contributed by atoms with Crippen molar-refractivity contribution in [3.8, 4) is 0 Å². The van der Waals surface area contributed by atoms with E-state index >= 15 is 0 Å². The minimum Gasteiger partial charge on any atom is -0.442 e. The number of carbonyl (C=O) groups excluding carboxylic acids is 2. The Morgan fingerprint density at radius 3 is 3.06 bits per heavy atom. The lowest BCUT2D eigenvalue weighted by Crippen LogP contribution is -2.33. The second kappa shape index (κ2) is 5.05. The van der Waals surface area contributed by atoms with E-state index < -0.39 is 0 Å². The molecule has 0 saturated carbocycles. The Labute approximate surface area is 111 Å². The van der Waals surface area contributed by atoms with E-state index in [0.717, 1.165) is 8.79 Å². The summed E-state index contributed by atoms with van der Waals surface area (Å²) in [7, 11) is 0. The van der Waals surface area contributed by atoms with Crippen LogP contribution in [0.5, 0.6) is 0 Å². The summed E-state index contributed by atoms with van der Waals surface area (Å²) in [5, 5.41) is 3.48. The van der Waals surface area contributed by atoms with Crippen molar-refractivity contribution in [1.29, 1.82) is 0 Å². The molecule has 0 unspecified atom stereocenters. The van der Waals surface area contributed by atoms with Gasteiger partial charge in [-0.25, -0.2) is 4.79 Å². The molecule has 1 aromatic heterocycles. The molecular weight excluding hydrogens is 308 g/mol. The predicted molar refractivity (Wildman–Crippen MR) is 68.3 cm³/mol. The Morgan fingerprint density at radius 1 is 1.71 bits per heavy atom. The van der Waals surface area contributed by atoms with Crippen molar-refractivity contribution >= 4 is 44.3 Å². The number of cyclic esters (lactones) is 1. The number of ether oxygens (including phenoxy) is 1. The third-order valence-electron chi connectivity index (χ3n) is 2.28. The molecule has 2 rings (SSSR count). The molecule has 92 valence electrons. The first kappa shape index (κ1) is 12.4. The lowest BCUT2D eigenvalue weighted by molar-refractivity contribution is -0.119. The van der Waals surface area contributed by atoms with Gasteiger partial charge in [0, 0.05) is 6.92 Å². The maximum atomic E-state index is 11.6. The summed E-state index contributed by atoms with van der Waals surface area (Å²) in [5.41, 5.74) is 0. The third-order valence-corrected chi connectivity index (χ3v) is 3.92. The van der Waals surface area contributed by atoms with E-state index in [1.165, 1.54) is 18.3 Å². The van der Waals surface area contributed by atoms with Gasteiger partial charge in [0.25, 0.3) is 0 Å². The van der Waals surface area contributed by atoms with Crippen LogP contribution >= 0.6 is 27.3 Å². The molecule has 0 bridgehead atoms. The first-order valence-corrected chi connectivity index (χ1v) is 6.65. The summed E-state index contributed by atoms with van der Waals surface area (Å²) in [6, 6.07) is 3.74. The van der Waals surface area contributed by atoms with E-state index in [1.807, 2.05) is 12.1 Å². The molecule has 0 spiro atoms. The highest BCUT2D eigenvalue weighted by Gasteiger charge is 2.33. The molecule has 2 heterocycles. The van der Waals surface area contributed by atoms with Crippen molar-refractivity contribution in [1.82, 2.24) is 5.32 Å². The molecule has 1 aliphatic rings. The number of thiophene rings is 1. The molecule has 5 nitrogen and oxygen atoms in total. The lowest BCUT2D eigenvalue weighted by Gasteiger charge is -2.09. The topological polar surface area (TPSA) is 58.6 Å². The van der Waals surface area contributed by atoms with Gasteiger partial charge in [-0.05, 0) is 28.1 Å². The molecule has 17 heavy (non-hydrogen) atoms. The molecular formula is C10H11BrN2O3S. The first-order chi connectivity index (χ1) is 8.06. The Balaban J connectivity index is 1.98. The zero-order valence-corrected chi connectivity index (χ0v) is 11.5. The number of hydrogen-bond acceptors (Lipinski definition) is 4. The van der Waals surface area contributed by atoms with Gasteiger partial charge in [-0.15, -0.1) is 11.3 Å². The lowest BCUT2D eigenvalue weighted by atomic mass is 10.3. The summed E-state index contributed by atoms with van der Waals surface area (Å²) in [4.78, 5) is 24.0. The van der Waals surface area contributed by atoms with Crippen molar-refractivity contribution in [3.05, 3.63) is 15.9 Å². The molecule has 1 N–H and O–H groups in total. The number of carbonyl (C=O) groups is 2. The van der Waals surface area contributed by atoms with E-state index in [9.17, 15) is 9.59 Å². The summed E-state index contributed by atoms with van der Waals surface area (Å²) in [5.74, 6) is -0.127. The Morgan fingerprint density at radius 2 is 2.47 bits per heavy atom. The number of hydrogen-bond donors (Lipinski definition) is 1. The summed E-state index contributed by atoms with van der Waals surface area (Å²) in [6.07, 6.45) is -0.651. The van der Waals surface area contributed by atoms with Crippen LogP contribution in [-0.4, -0.2) is 31.2 Å². The molecule has 1 aliphatic heterocycles. The predicted octanol–water partition coefficient (Wildman–Crippen LogP) is 1.97. The average Bonchev–Trinajstić information content (AvgIpc) is 2.82. The fourth-order valence-corrected chi connectivity index (χ4v) is 2.88. The van der Waals surface area contributed by atoms with Gasteiger partial charge < -0.3 is 10.1 Å². The third kappa shape index (κ3) is 2.98. The second-order valence-electron chi connectivity index (χ2n) is 3.63. The van der Waals surface area contributed by atoms with Crippen molar-refractivity contribution in [2.45, 2.75) is 13.0 Å². The molecule has 1 fully saturated rings. The van der Waals surface area contributed by atoms with E-state index in [-0.39, 0.29) is 18.1 Å². The number of halogens is 1. The Bertz CT molecular complexity index is 449. The smallest absolute Gasteiger partial charge is 0.415 e. The van der Waals surface area contributed by atoms with Crippen molar-refractivity contribution in [2.24, 2.45) is 0 Å². The quantitative estimate of drug-likeness (QED) is 0.927. The zero-order valence-electron chi connectivity index (χ0n) is 9.10. The van der Waals surface area contributed by atoms with E-state index in [2.05, 4.69) is 21.2 Å². The van der Waals surface area contributed by atoms with Gasteiger partial charge in [0.1, 0.15) is 11.1 Å². The minimum absolute atomic E-state index is 0.127. The summed E-state index contributed by atoms with van der Waals surface area (Å²) in [6.45, 7) is 2.25. The van der Waals surface area contributed by atoms with Gasteiger partial charge in [0.15, 0.2) is 0 Å². The molecule has 7 heteroatoms. The van der Waals surface area contributed by atoms with Crippen LogP contribution in [-0.2, 0) is 9.53 Å². The summed E-state index contributed by atoms with van der Waals surface area (Å²) < 4.78 is 6.12. The van der Waals surface area contributed by atoms with Gasteiger partial charge in [-0.1, -0.05) is 0 Å². The molecule has 2 amide bonds. The zero-order chi connectivity index (χ0) is 12.4. The molecule has 1 saturated heterocycles. The maximum absolute atomic E-state index is 11.6.